The van der Waals surface area contributed by atoms with Gasteiger partial charge in [0.15, 0.2) is 0 Å². The minimum atomic E-state index is 0.416. The van der Waals surface area contributed by atoms with Crippen molar-refractivity contribution in [3.8, 4) is 11.3 Å². The summed E-state index contributed by atoms with van der Waals surface area (Å²) in [6.07, 6.45) is 4.95. The van der Waals surface area contributed by atoms with Gasteiger partial charge in [-0.15, -0.1) is 0 Å². The molecule has 0 saturated heterocycles. The third-order valence-electron chi connectivity index (χ3n) is 1.73. The SMILES string of the molecule is Nc1ncc(Br)nc1-c1ccncc1. The Morgan fingerprint density at radius 3 is 2.64 bits per heavy atom. The van der Waals surface area contributed by atoms with Crippen LogP contribution in [0.4, 0.5) is 5.82 Å². The van der Waals surface area contributed by atoms with Gasteiger partial charge in [-0.25, -0.2) is 9.97 Å². The predicted octanol–water partition coefficient (Wildman–Crippen LogP) is 1.88. The zero-order valence-electron chi connectivity index (χ0n) is 7.18. The van der Waals surface area contributed by atoms with Crippen LogP contribution >= 0.6 is 15.9 Å². The van der Waals surface area contributed by atoms with Crippen molar-refractivity contribution in [3.63, 3.8) is 0 Å². The third kappa shape index (κ3) is 1.72. The predicted molar refractivity (Wildman–Crippen MR) is 57.4 cm³/mol. The highest BCUT2D eigenvalue weighted by Crippen LogP contribution is 2.22. The first-order chi connectivity index (χ1) is 6.77. The van der Waals surface area contributed by atoms with E-state index in [1.165, 1.54) is 0 Å². The molecule has 0 aliphatic carbocycles. The molecule has 14 heavy (non-hydrogen) atoms. The normalized spacial score (nSPS) is 10.1. The van der Waals surface area contributed by atoms with Gasteiger partial charge in [0, 0.05) is 18.0 Å². The molecule has 0 saturated carbocycles. The van der Waals surface area contributed by atoms with E-state index in [1.54, 1.807) is 18.6 Å². The van der Waals surface area contributed by atoms with E-state index in [-0.39, 0.29) is 0 Å². The Labute approximate surface area is 89.4 Å². The molecular formula is C9H7BrN4. The second-order valence-corrected chi connectivity index (χ2v) is 3.47. The zero-order valence-corrected chi connectivity index (χ0v) is 8.77. The maximum atomic E-state index is 5.71. The standard InChI is InChI=1S/C9H7BrN4/c10-7-5-13-9(11)8(14-7)6-1-3-12-4-2-6/h1-5H,(H2,11,13). The number of anilines is 1. The Bertz CT molecular complexity index is 444. The third-order valence-corrected chi connectivity index (χ3v) is 2.11. The van der Waals surface area contributed by atoms with Crippen LogP contribution in [0.3, 0.4) is 0 Å². The highest BCUT2D eigenvalue weighted by Gasteiger charge is 2.05. The van der Waals surface area contributed by atoms with E-state index in [1.807, 2.05) is 12.1 Å². The fourth-order valence-corrected chi connectivity index (χ4v) is 1.38. The second kappa shape index (κ2) is 3.71. The summed E-state index contributed by atoms with van der Waals surface area (Å²) in [4.78, 5) is 12.2. The smallest absolute Gasteiger partial charge is 0.150 e. The molecule has 0 aliphatic heterocycles. The Hall–Kier alpha value is -1.49. The van der Waals surface area contributed by atoms with Crippen LogP contribution in [0, 0.1) is 0 Å². The molecule has 0 radical (unpaired) electrons. The van der Waals surface area contributed by atoms with E-state index < -0.39 is 0 Å². The molecule has 5 heteroatoms. The van der Waals surface area contributed by atoms with Crippen molar-refractivity contribution in [2.75, 3.05) is 5.73 Å². The lowest BCUT2D eigenvalue weighted by Crippen LogP contribution is -1.97. The summed E-state index contributed by atoms with van der Waals surface area (Å²) in [6, 6.07) is 3.68. The van der Waals surface area contributed by atoms with Gasteiger partial charge in [0.1, 0.15) is 16.1 Å². The van der Waals surface area contributed by atoms with Crippen LogP contribution < -0.4 is 5.73 Å². The number of rotatable bonds is 1. The molecule has 0 spiro atoms. The van der Waals surface area contributed by atoms with Crippen LogP contribution in [0.1, 0.15) is 0 Å². The lowest BCUT2D eigenvalue weighted by atomic mass is 10.2. The number of nitrogens with two attached hydrogens (primary N) is 1. The number of nitrogen functional groups attached to an aromatic ring is 1. The molecule has 0 amide bonds. The van der Waals surface area contributed by atoms with Gasteiger partial charge in [-0.1, -0.05) is 0 Å². The molecule has 0 fully saturated rings. The summed E-state index contributed by atoms with van der Waals surface area (Å²) in [5, 5.41) is 0. The van der Waals surface area contributed by atoms with Crippen LogP contribution in [-0.4, -0.2) is 15.0 Å². The van der Waals surface area contributed by atoms with E-state index in [9.17, 15) is 0 Å². The van der Waals surface area contributed by atoms with E-state index >= 15 is 0 Å². The number of aromatic nitrogens is 3. The molecule has 2 heterocycles. The number of hydrogen-bond acceptors (Lipinski definition) is 4. The lowest BCUT2D eigenvalue weighted by Gasteiger charge is -2.03. The Morgan fingerprint density at radius 1 is 1.21 bits per heavy atom. The quantitative estimate of drug-likeness (QED) is 0.840. The minimum absolute atomic E-state index is 0.416. The molecule has 0 aliphatic rings. The molecule has 2 rings (SSSR count). The van der Waals surface area contributed by atoms with Gasteiger partial charge in [-0.05, 0) is 28.1 Å². The van der Waals surface area contributed by atoms with Crippen molar-refractivity contribution >= 4 is 21.7 Å². The van der Waals surface area contributed by atoms with Crippen molar-refractivity contribution in [2.24, 2.45) is 0 Å². The number of nitrogens with zero attached hydrogens (tertiary/aromatic N) is 3. The van der Waals surface area contributed by atoms with Crippen LogP contribution in [0.5, 0.6) is 0 Å². The fourth-order valence-electron chi connectivity index (χ4n) is 1.10. The van der Waals surface area contributed by atoms with E-state index in [4.69, 9.17) is 5.73 Å². The van der Waals surface area contributed by atoms with Crippen molar-refractivity contribution in [1.29, 1.82) is 0 Å². The first-order valence-corrected chi connectivity index (χ1v) is 4.75. The molecule has 2 N–H and O–H groups in total. The van der Waals surface area contributed by atoms with E-state index in [0.29, 0.717) is 16.1 Å². The Kier molecular flexibility index (Phi) is 2.41. The molecule has 0 aromatic carbocycles. The van der Waals surface area contributed by atoms with Crippen LogP contribution in [0.15, 0.2) is 35.3 Å². The van der Waals surface area contributed by atoms with Crippen LogP contribution in [0.2, 0.25) is 0 Å². The number of pyridine rings is 1. The summed E-state index contributed by atoms with van der Waals surface area (Å²) < 4.78 is 0.665. The summed E-state index contributed by atoms with van der Waals surface area (Å²) in [5.41, 5.74) is 7.28. The van der Waals surface area contributed by atoms with Gasteiger partial charge < -0.3 is 5.73 Å². The summed E-state index contributed by atoms with van der Waals surface area (Å²) in [7, 11) is 0. The summed E-state index contributed by atoms with van der Waals surface area (Å²) >= 11 is 3.25. The summed E-state index contributed by atoms with van der Waals surface area (Å²) in [5.74, 6) is 0.416. The Balaban J connectivity index is 2.57. The average Bonchev–Trinajstić information content (AvgIpc) is 2.23. The van der Waals surface area contributed by atoms with Crippen molar-refractivity contribution in [2.45, 2.75) is 0 Å². The van der Waals surface area contributed by atoms with Crippen LogP contribution in [-0.2, 0) is 0 Å². The van der Waals surface area contributed by atoms with Crippen LogP contribution in [0.25, 0.3) is 11.3 Å². The van der Waals surface area contributed by atoms with Crippen molar-refractivity contribution < 1.29 is 0 Å². The van der Waals surface area contributed by atoms with Gasteiger partial charge in [0.05, 0.1) is 6.20 Å². The number of halogens is 1. The summed E-state index contributed by atoms with van der Waals surface area (Å²) in [6.45, 7) is 0. The molecule has 70 valence electrons. The lowest BCUT2D eigenvalue weighted by molar-refractivity contribution is 1.17. The van der Waals surface area contributed by atoms with E-state index in [2.05, 4.69) is 30.9 Å². The maximum Gasteiger partial charge on any atom is 0.150 e. The van der Waals surface area contributed by atoms with Gasteiger partial charge in [0.25, 0.3) is 0 Å². The topological polar surface area (TPSA) is 64.7 Å². The van der Waals surface area contributed by atoms with Gasteiger partial charge >= 0.3 is 0 Å². The van der Waals surface area contributed by atoms with Crippen molar-refractivity contribution in [1.82, 2.24) is 15.0 Å². The van der Waals surface area contributed by atoms with Gasteiger partial charge in [-0.2, -0.15) is 0 Å². The fraction of sp³-hybridized carbons (Fsp3) is 0. The van der Waals surface area contributed by atoms with Gasteiger partial charge in [-0.3, -0.25) is 4.98 Å². The number of hydrogen-bond donors (Lipinski definition) is 1. The highest BCUT2D eigenvalue weighted by atomic mass is 79.9. The molecule has 2 aromatic heterocycles. The van der Waals surface area contributed by atoms with Crippen molar-refractivity contribution in [3.05, 3.63) is 35.3 Å². The monoisotopic (exact) mass is 250 g/mol. The highest BCUT2D eigenvalue weighted by molar-refractivity contribution is 9.10. The molecular weight excluding hydrogens is 244 g/mol. The largest absolute Gasteiger partial charge is 0.382 e. The average molecular weight is 251 g/mol. The maximum absolute atomic E-state index is 5.71. The first kappa shape index (κ1) is 9.08. The zero-order chi connectivity index (χ0) is 9.97. The van der Waals surface area contributed by atoms with E-state index in [0.717, 1.165) is 5.56 Å². The molecule has 0 unspecified atom stereocenters. The van der Waals surface area contributed by atoms with Gasteiger partial charge in [0.2, 0.25) is 0 Å². The minimum Gasteiger partial charge on any atom is -0.382 e. The molecule has 0 bridgehead atoms. The Morgan fingerprint density at radius 2 is 1.93 bits per heavy atom. The molecule has 4 nitrogen and oxygen atoms in total. The molecule has 2 aromatic rings. The first-order valence-electron chi connectivity index (χ1n) is 3.96. The second-order valence-electron chi connectivity index (χ2n) is 2.66. The molecule has 0 atom stereocenters.